The normalized spacial score (nSPS) is 14.5. The molecule has 1 aliphatic heterocycles. The lowest BCUT2D eigenvalue weighted by Crippen LogP contribution is -2.48. The van der Waals surface area contributed by atoms with E-state index in [-0.39, 0.29) is 5.91 Å². The number of rotatable bonds is 10. The van der Waals surface area contributed by atoms with Crippen molar-refractivity contribution in [1.29, 1.82) is 0 Å². The van der Waals surface area contributed by atoms with Crippen molar-refractivity contribution < 1.29 is 19.0 Å². The second-order valence-corrected chi connectivity index (χ2v) is 9.55. The van der Waals surface area contributed by atoms with Crippen molar-refractivity contribution >= 4 is 28.7 Å². The van der Waals surface area contributed by atoms with Crippen molar-refractivity contribution in [3.8, 4) is 11.5 Å². The molecular formula is C26H34N4O4S. The summed E-state index contributed by atoms with van der Waals surface area (Å²) in [4.78, 5) is 22.1. The molecule has 1 saturated heterocycles. The molecule has 2 heterocycles. The molecule has 8 nitrogen and oxygen atoms in total. The first-order valence-corrected chi connectivity index (χ1v) is 12.8. The molecule has 2 aromatic carbocycles. The van der Waals surface area contributed by atoms with Crippen LogP contribution in [-0.2, 0) is 22.6 Å². The van der Waals surface area contributed by atoms with Crippen LogP contribution in [0.25, 0.3) is 11.0 Å². The van der Waals surface area contributed by atoms with Gasteiger partial charge in [0.25, 0.3) is 0 Å². The third kappa shape index (κ3) is 5.91. The number of methoxy groups -OCH3 is 3. The molecular weight excluding hydrogens is 464 g/mol. The number of aromatic nitrogens is 2. The summed E-state index contributed by atoms with van der Waals surface area (Å²) < 4.78 is 18.3. The van der Waals surface area contributed by atoms with Crippen molar-refractivity contribution in [2.75, 3.05) is 59.9 Å². The number of para-hydroxylation sites is 2. The minimum absolute atomic E-state index is 0.155. The molecule has 0 aliphatic carbocycles. The maximum atomic E-state index is 13.0. The van der Waals surface area contributed by atoms with E-state index in [2.05, 4.69) is 28.5 Å². The van der Waals surface area contributed by atoms with Gasteiger partial charge in [0.05, 0.1) is 37.6 Å². The van der Waals surface area contributed by atoms with Gasteiger partial charge in [0.2, 0.25) is 5.91 Å². The first-order valence-electron chi connectivity index (χ1n) is 11.8. The fourth-order valence-corrected chi connectivity index (χ4v) is 5.31. The Kier molecular flexibility index (Phi) is 8.54. The molecule has 0 saturated carbocycles. The fourth-order valence-electron chi connectivity index (χ4n) is 4.37. The Balaban J connectivity index is 1.32. The lowest BCUT2D eigenvalue weighted by Gasteiger charge is -2.35. The van der Waals surface area contributed by atoms with E-state index in [0.29, 0.717) is 18.9 Å². The number of nitrogens with zero attached hydrogens (tertiary/aromatic N) is 4. The standard InChI is InChI=1S/C26H34N4O4S/c1-19-15-23(33-3)24(34-4)16-20(19)17-28-9-11-29(12-10-28)25(31)18-35-26-27-21-7-5-6-8-22(21)30(26)13-14-32-2/h5-8,15-16H,9-14,17-18H2,1-4H3. The molecule has 0 bridgehead atoms. The van der Waals surface area contributed by atoms with Gasteiger partial charge in [0.15, 0.2) is 16.7 Å². The number of carbonyl (C=O) groups is 1. The van der Waals surface area contributed by atoms with Gasteiger partial charge in [0.1, 0.15) is 0 Å². The average Bonchev–Trinajstić information content (AvgIpc) is 3.24. The monoisotopic (exact) mass is 498 g/mol. The third-order valence-electron chi connectivity index (χ3n) is 6.42. The summed E-state index contributed by atoms with van der Waals surface area (Å²) >= 11 is 1.50. The Hall–Kier alpha value is -2.75. The van der Waals surface area contributed by atoms with Gasteiger partial charge in [-0.1, -0.05) is 23.9 Å². The minimum atomic E-state index is 0.155. The van der Waals surface area contributed by atoms with E-state index < -0.39 is 0 Å². The zero-order valence-corrected chi connectivity index (χ0v) is 21.8. The Morgan fingerprint density at radius 3 is 2.46 bits per heavy atom. The zero-order chi connectivity index (χ0) is 24.8. The van der Waals surface area contributed by atoms with Crippen LogP contribution >= 0.6 is 11.8 Å². The number of imidazole rings is 1. The Morgan fingerprint density at radius 2 is 1.74 bits per heavy atom. The first-order chi connectivity index (χ1) is 17.0. The van der Waals surface area contributed by atoms with E-state index in [1.54, 1.807) is 21.3 Å². The summed E-state index contributed by atoms with van der Waals surface area (Å²) in [6.07, 6.45) is 0. The molecule has 4 rings (SSSR count). The quantitative estimate of drug-likeness (QED) is 0.397. The van der Waals surface area contributed by atoms with Gasteiger partial charge in [-0.05, 0) is 42.3 Å². The van der Waals surface area contributed by atoms with Crippen LogP contribution in [0.5, 0.6) is 11.5 Å². The van der Waals surface area contributed by atoms with E-state index in [4.69, 9.17) is 19.2 Å². The third-order valence-corrected chi connectivity index (χ3v) is 7.39. The van der Waals surface area contributed by atoms with Gasteiger partial charge in [-0.3, -0.25) is 9.69 Å². The summed E-state index contributed by atoms with van der Waals surface area (Å²) in [5, 5.41) is 0.860. The number of carbonyl (C=O) groups excluding carboxylic acids is 1. The van der Waals surface area contributed by atoms with Crippen molar-refractivity contribution in [1.82, 2.24) is 19.4 Å². The van der Waals surface area contributed by atoms with Crippen LogP contribution < -0.4 is 9.47 Å². The van der Waals surface area contributed by atoms with Crippen LogP contribution in [0.2, 0.25) is 0 Å². The highest BCUT2D eigenvalue weighted by molar-refractivity contribution is 7.99. The van der Waals surface area contributed by atoms with E-state index in [0.717, 1.165) is 60.4 Å². The summed E-state index contributed by atoms with van der Waals surface area (Å²) in [6.45, 7) is 7.37. The van der Waals surface area contributed by atoms with Crippen LogP contribution in [0.1, 0.15) is 11.1 Å². The molecule has 0 atom stereocenters. The highest BCUT2D eigenvalue weighted by atomic mass is 32.2. The summed E-state index contributed by atoms with van der Waals surface area (Å²) in [5.74, 6) is 2.03. The van der Waals surface area contributed by atoms with Crippen LogP contribution in [-0.4, -0.2) is 85.1 Å². The Labute approximate surface area is 211 Å². The predicted octanol–water partition coefficient (Wildman–Crippen LogP) is 3.44. The van der Waals surface area contributed by atoms with Crippen LogP contribution in [0.3, 0.4) is 0 Å². The van der Waals surface area contributed by atoms with Crippen molar-refractivity contribution in [2.24, 2.45) is 0 Å². The maximum absolute atomic E-state index is 13.0. The van der Waals surface area contributed by atoms with Crippen LogP contribution in [0, 0.1) is 6.92 Å². The molecule has 1 fully saturated rings. The molecule has 0 N–H and O–H groups in total. The van der Waals surface area contributed by atoms with Crippen molar-refractivity contribution in [3.05, 3.63) is 47.5 Å². The van der Waals surface area contributed by atoms with E-state index >= 15 is 0 Å². The number of hydrogen-bond acceptors (Lipinski definition) is 7. The van der Waals surface area contributed by atoms with Gasteiger partial charge >= 0.3 is 0 Å². The average molecular weight is 499 g/mol. The fraction of sp³-hybridized carbons (Fsp3) is 0.462. The lowest BCUT2D eigenvalue weighted by molar-refractivity contribution is -0.130. The number of benzene rings is 2. The van der Waals surface area contributed by atoms with E-state index in [9.17, 15) is 4.79 Å². The molecule has 1 amide bonds. The number of amides is 1. The highest BCUT2D eigenvalue weighted by Crippen LogP contribution is 2.31. The number of thioether (sulfide) groups is 1. The van der Waals surface area contributed by atoms with Crippen molar-refractivity contribution in [2.45, 2.75) is 25.2 Å². The first kappa shape index (κ1) is 25.3. The zero-order valence-electron chi connectivity index (χ0n) is 21.0. The Bertz CT molecular complexity index is 1160. The van der Waals surface area contributed by atoms with Gasteiger partial charge in [-0.25, -0.2) is 4.98 Å². The molecule has 35 heavy (non-hydrogen) atoms. The minimum Gasteiger partial charge on any atom is -0.493 e. The lowest BCUT2D eigenvalue weighted by atomic mass is 10.1. The second-order valence-electron chi connectivity index (χ2n) is 8.61. The molecule has 9 heteroatoms. The number of piperazine rings is 1. The second kappa shape index (κ2) is 11.8. The van der Waals surface area contributed by atoms with E-state index in [1.807, 2.05) is 29.2 Å². The highest BCUT2D eigenvalue weighted by Gasteiger charge is 2.23. The number of ether oxygens (including phenoxy) is 3. The number of fused-ring (bicyclic) bond motifs is 1. The molecule has 0 unspecified atom stereocenters. The van der Waals surface area contributed by atoms with Gasteiger partial charge in [-0.15, -0.1) is 0 Å². The molecule has 1 aromatic heterocycles. The molecule has 0 spiro atoms. The summed E-state index contributed by atoms with van der Waals surface area (Å²) in [5.41, 5.74) is 4.40. The van der Waals surface area contributed by atoms with Crippen LogP contribution in [0.15, 0.2) is 41.6 Å². The van der Waals surface area contributed by atoms with Crippen molar-refractivity contribution in [3.63, 3.8) is 0 Å². The predicted molar refractivity (Wildman–Crippen MR) is 138 cm³/mol. The summed E-state index contributed by atoms with van der Waals surface area (Å²) in [7, 11) is 5.01. The summed E-state index contributed by atoms with van der Waals surface area (Å²) in [6, 6.07) is 12.1. The largest absolute Gasteiger partial charge is 0.493 e. The smallest absolute Gasteiger partial charge is 0.233 e. The Morgan fingerprint density at radius 1 is 1.03 bits per heavy atom. The topological polar surface area (TPSA) is 69.1 Å². The molecule has 3 aromatic rings. The molecule has 188 valence electrons. The maximum Gasteiger partial charge on any atom is 0.233 e. The SMILES string of the molecule is COCCn1c(SCC(=O)N2CCN(Cc3cc(OC)c(OC)cc3C)CC2)nc2ccccc21. The van der Waals surface area contributed by atoms with Crippen LogP contribution in [0.4, 0.5) is 0 Å². The van der Waals surface area contributed by atoms with E-state index in [1.165, 1.54) is 22.9 Å². The molecule has 1 aliphatic rings. The van der Waals surface area contributed by atoms with Gasteiger partial charge < -0.3 is 23.7 Å². The number of hydrogen-bond donors (Lipinski definition) is 0. The number of aryl methyl sites for hydroxylation is 1. The molecule has 0 radical (unpaired) electrons. The van der Waals surface area contributed by atoms with Gasteiger partial charge in [0, 0.05) is 46.4 Å². The van der Waals surface area contributed by atoms with Gasteiger partial charge in [-0.2, -0.15) is 0 Å².